The molecule has 0 saturated carbocycles. The summed E-state index contributed by atoms with van der Waals surface area (Å²) in [5.74, 6) is 0. The molecule has 2 heterocycles. The second-order valence-electron chi connectivity index (χ2n) is 7.54. The van der Waals surface area contributed by atoms with Crippen LogP contribution in [0.4, 0.5) is 16.2 Å². The number of aromatic nitrogens is 4. The summed E-state index contributed by atoms with van der Waals surface area (Å²) in [7, 11) is 0. The Bertz CT molecular complexity index is 1440. The highest BCUT2D eigenvalue weighted by Gasteiger charge is 2.36. The summed E-state index contributed by atoms with van der Waals surface area (Å²) in [4.78, 5) is 34.4. The number of nitro groups is 2. The van der Waals surface area contributed by atoms with Gasteiger partial charge in [0, 0.05) is 35.4 Å². The number of hydrogen-bond acceptors (Lipinski definition) is 7. The van der Waals surface area contributed by atoms with E-state index in [0.717, 1.165) is 9.36 Å². The molecular weight excluding hydrogens is 629 g/mol. The zero-order chi connectivity index (χ0) is 28.0. The number of nitro benzene ring substituents is 2. The lowest BCUT2D eigenvalue weighted by molar-refractivity contribution is -0.385. The first-order valence-electron chi connectivity index (χ1n) is 10.1. The molecule has 2 aromatic carbocycles. The molecule has 0 fully saturated rings. The molecule has 4 rings (SSSR count). The van der Waals surface area contributed by atoms with Crippen LogP contribution in [0.2, 0.25) is 0 Å². The van der Waals surface area contributed by atoms with Gasteiger partial charge in [-0.2, -0.15) is 19.6 Å². The summed E-state index contributed by atoms with van der Waals surface area (Å²) in [5, 5.41) is 30.4. The minimum atomic E-state index is -2.14. The number of alkyl halides is 6. The first-order chi connectivity index (χ1) is 17.7. The summed E-state index contributed by atoms with van der Waals surface area (Å²) in [6.07, 6.45) is 0. The highest BCUT2D eigenvalue weighted by molar-refractivity contribution is 6.67. The fourth-order valence-electron chi connectivity index (χ4n) is 3.34. The second kappa shape index (κ2) is 10.3. The van der Waals surface area contributed by atoms with Gasteiger partial charge in [-0.15, -0.1) is 0 Å². The first kappa shape index (κ1) is 28.1. The van der Waals surface area contributed by atoms with E-state index in [1.165, 1.54) is 60.7 Å². The smallest absolute Gasteiger partial charge is 0.258 e. The Balaban J connectivity index is 1.83. The predicted octanol–water partition coefficient (Wildman–Crippen LogP) is 7.40. The van der Waals surface area contributed by atoms with Crippen LogP contribution in [0.3, 0.4) is 0 Å². The van der Waals surface area contributed by atoms with E-state index < -0.39 is 23.5 Å². The molecule has 17 heteroatoms. The number of nitrogens with zero attached hydrogens (tertiary/aromatic N) is 6. The molecule has 0 unspecified atom stereocenters. The molecule has 0 radical (unpaired) electrons. The van der Waals surface area contributed by atoms with Gasteiger partial charge in [-0.05, 0) is 36.4 Å². The number of non-ortho nitro benzene ring substituents is 2. The van der Waals surface area contributed by atoms with Crippen LogP contribution in [0.5, 0.6) is 0 Å². The fourth-order valence-corrected chi connectivity index (χ4v) is 4.15. The Kier molecular flexibility index (Phi) is 7.63. The molecule has 0 aliphatic carbocycles. The predicted molar refractivity (Wildman–Crippen MR) is 143 cm³/mol. The normalized spacial score (nSPS) is 11.9. The van der Waals surface area contributed by atoms with Crippen molar-refractivity contribution < 1.29 is 14.6 Å². The van der Waals surface area contributed by atoms with Crippen LogP contribution in [-0.4, -0.2) is 35.4 Å². The van der Waals surface area contributed by atoms with Gasteiger partial charge in [-0.1, -0.05) is 69.6 Å². The van der Waals surface area contributed by atoms with Crippen molar-refractivity contribution in [3.63, 3.8) is 0 Å². The summed E-state index contributed by atoms with van der Waals surface area (Å²) in [6, 6.07) is 12.2. The van der Waals surface area contributed by atoms with Crippen molar-refractivity contribution in [1.29, 1.82) is 0 Å². The maximum Gasteiger partial charge on any atom is 0.370 e. The van der Waals surface area contributed by atoms with E-state index in [9.17, 15) is 25.0 Å². The van der Waals surface area contributed by atoms with Gasteiger partial charge in [0.1, 0.15) is 11.4 Å². The maximum absolute atomic E-state index is 13.6. The third kappa shape index (κ3) is 5.73. The van der Waals surface area contributed by atoms with Gasteiger partial charge in [-0.25, -0.2) is 4.79 Å². The van der Waals surface area contributed by atoms with E-state index >= 15 is 0 Å². The van der Waals surface area contributed by atoms with Crippen molar-refractivity contribution in [2.75, 3.05) is 0 Å². The van der Waals surface area contributed by atoms with E-state index in [0.29, 0.717) is 11.1 Å². The van der Waals surface area contributed by atoms with Crippen LogP contribution in [0.25, 0.3) is 22.5 Å². The standard InChI is InChI=1S/C21H10Cl6N6O5/c22-20(23,24)17-9-15(11-1-5-13(6-2-11)32(35)36)28-30(17)19(34)31-18(21(25,26)27)10-16(29-31)12-3-7-14(8-4-12)33(37)38/h1-10H. The number of benzene rings is 2. The van der Waals surface area contributed by atoms with E-state index in [4.69, 9.17) is 69.6 Å². The molecule has 0 aliphatic rings. The number of carbonyl (C=O) groups excluding carboxylic acids is 1. The average Bonchev–Trinajstić information content (AvgIpc) is 3.49. The lowest BCUT2D eigenvalue weighted by atomic mass is 10.1. The molecule has 0 amide bonds. The zero-order valence-corrected chi connectivity index (χ0v) is 22.8. The molecule has 4 aromatic rings. The van der Waals surface area contributed by atoms with E-state index in [-0.39, 0.29) is 34.2 Å². The topological polar surface area (TPSA) is 139 Å². The van der Waals surface area contributed by atoms with Crippen LogP contribution in [0.15, 0.2) is 60.7 Å². The average molecular weight is 639 g/mol. The van der Waals surface area contributed by atoms with Crippen LogP contribution < -0.4 is 0 Å². The van der Waals surface area contributed by atoms with Gasteiger partial charge in [0.05, 0.1) is 21.2 Å². The lowest BCUT2D eigenvalue weighted by Crippen LogP contribution is -2.29. The third-order valence-electron chi connectivity index (χ3n) is 5.11. The quantitative estimate of drug-likeness (QED) is 0.129. The van der Waals surface area contributed by atoms with Crippen LogP contribution in [0.1, 0.15) is 11.4 Å². The van der Waals surface area contributed by atoms with E-state index in [1.807, 2.05) is 0 Å². The molecule has 0 saturated heterocycles. The Morgan fingerprint density at radius 1 is 0.658 bits per heavy atom. The molecule has 0 atom stereocenters. The second-order valence-corrected chi connectivity index (χ2v) is 12.1. The molecule has 38 heavy (non-hydrogen) atoms. The van der Waals surface area contributed by atoms with Crippen LogP contribution in [-0.2, 0) is 7.59 Å². The molecular formula is C21H10Cl6N6O5. The third-order valence-corrected chi connectivity index (χ3v) is 6.27. The van der Waals surface area contributed by atoms with Crippen LogP contribution in [0, 0.1) is 20.2 Å². The van der Waals surface area contributed by atoms with E-state index in [1.54, 1.807) is 0 Å². The molecule has 2 aromatic heterocycles. The highest BCUT2D eigenvalue weighted by atomic mass is 35.6. The fraction of sp³-hybridized carbons (Fsp3) is 0.0952. The number of halogens is 6. The molecule has 0 N–H and O–H groups in total. The summed E-state index contributed by atoms with van der Waals surface area (Å²) in [6.45, 7) is 0. The monoisotopic (exact) mass is 636 g/mol. The minimum absolute atomic E-state index is 0.146. The zero-order valence-electron chi connectivity index (χ0n) is 18.3. The maximum atomic E-state index is 13.6. The Morgan fingerprint density at radius 2 is 0.974 bits per heavy atom. The number of hydrogen-bond donors (Lipinski definition) is 0. The highest BCUT2D eigenvalue weighted by Crippen LogP contribution is 2.42. The van der Waals surface area contributed by atoms with Crippen molar-refractivity contribution in [3.8, 4) is 22.5 Å². The molecule has 196 valence electrons. The van der Waals surface area contributed by atoms with Gasteiger partial charge >= 0.3 is 6.03 Å². The van der Waals surface area contributed by atoms with E-state index in [2.05, 4.69) is 10.2 Å². The Labute approximate surface area is 242 Å². The van der Waals surface area contributed by atoms with Crippen molar-refractivity contribution in [3.05, 3.63) is 92.3 Å². The van der Waals surface area contributed by atoms with Gasteiger partial charge in [-0.3, -0.25) is 20.2 Å². The van der Waals surface area contributed by atoms with Gasteiger partial charge in [0.15, 0.2) is 0 Å². The SMILES string of the molecule is O=C(n1nc(-c2ccc([N+](=O)[O-])cc2)cc1C(Cl)(Cl)Cl)n1nc(-c2ccc([N+](=O)[O-])cc2)cc1C(Cl)(Cl)Cl. The molecule has 0 aliphatic heterocycles. The number of carbonyl (C=O) groups is 1. The van der Waals surface area contributed by atoms with Crippen molar-refractivity contribution in [2.45, 2.75) is 7.59 Å². The van der Waals surface area contributed by atoms with Crippen molar-refractivity contribution >= 4 is 87.0 Å². The lowest BCUT2D eigenvalue weighted by Gasteiger charge is -2.15. The molecule has 0 bridgehead atoms. The summed E-state index contributed by atoms with van der Waals surface area (Å²) < 4.78 is -2.79. The minimum Gasteiger partial charge on any atom is -0.258 e. The van der Waals surface area contributed by atoms with Gasteiger partial charge < -0.3 is 0 Å². The summed E-state index contributed by atoms with van der Waals surface area (Å²) >= 11 is 36.6. The van der Waals surface area contributed by atoms with Crippen LogP contribution >= 0.6 is 69.6 Å². The first-order valence-corrected chi connectivity index (χ1v) is 12.3. The van der Waals surface area contributed by atoms with Crippen molar-refractivity contribution in [1.82, 2.24) is 19.6 Å². The van der Waals surface area contributed by atoms with Gasteiger partial charge in [0.2, 0.25) is 7.59 Å². The molecule has 11 nitrogen and oxygen atoms in total. The van der Waals surface area contributed by atoms with Gasteiger partial charge in [0.25, 0.3) is 11.4 Å². The molecule has 0 spiro atoms. The Morgan fingerprint density at radius 3 is 1.24 bits per heavy atom. The summed E-state index contributed by atoms with van der Waals surface area (Å²) in [5.41, 5.74) is 0.354. The van der Waals surface area contributed by atoms with Crippen molar-refractivity contribution in [2.24, 2.45) is 0 Å². The largest absolute Gasteiger partial charge is 0.370 e. The Hall–Kier alpha value is -2.93. The number of rotatable bonds is 4.